The minimum Gasteiger partial charge on any atom is -0.340 e. The van der Waals surface area contributed by atoms with Crippen LogP contribution in [0.15, 0.2) is 29.2 Å². The van der Waals surface area contributed by atoms with Gasteiger partial charge in [-0.25, -0.2) is 13.2 Å². The topological polar surface area (TPSA) is 86.8 Å². The standard InChI is InChI=1S/C16H23N3O4S/c1-3-18(15(20)12-19-9-8-17-16(19)21)10-11-24(22,23)14-6-4-13(2)5-7-14/h4-7H,3,8-12H2,1-2H3,(H,17,21). The van der Waals surface area contributed by atoms with E-state index < -0.39 is 9.84 Å². The normalized spacial score (nSPS) is 14.6. The number of rotatable bonds is 7. The highest BCUT2D eigenvalue weighted by Gasteiger charge is 2.25. The van der Waals surface area contributed by atoms with E-state index in [2.05, 4.69) is 5.32 Å². The lowest BCUT2D eigenvalue weighted by Crippen LogP contribution is -2.43. The lowest BCUT2D eigenvalue weighted by Gasteiger charge is -2.23. The first-order valence-corrected chi connectivity index (χ1v) is 9.58. The molecule has 1 aromatic rings. The van der Waals surface area contributed by atoms with Gasteiger partial charge in [-0.05, 0) is 26.0 Å². The minimum absolute atomic E-state index is 0.0236. The molecule has 1 fully saturated rings. The predicted octanol–water partition coefficient (Wildman–Crippen LogP) is 0.642. The first kappa shape index (κ1) is 18.3. The summed E-state index contributed by atoms with van der Waals surface area (Å²) in [5, 5.41) is 2.63. The number of hydrogen-bond acceptors (Lipinski definition) is 4. The van der Waals surface area contributed by atoms with Gasteiger partial charge in [-0.15, -0.1) is 0 Å². The van der Waals surface area contributed by atoms with Crippen molar-refractivity contribution in [3.63, 3.8) is 0 Å². The van der Waals surface area contributed by atoms with Gasteiger partial charge in [0, 0.05) is 26.2 Å². The highest BCUT2D eigenvalue weighted by molar-refractivity contribution is 7.91. The summed E-state index contributed by atoms with van der Waals surface area (Å²) < 4.78 is 24.7. The number of carbonyl (C=O) groups excluding carboxylic acids is 2. The van der Waals surface area contributed by atoms with Crippen LogP contribution in [0.4, 0.5) is 4.79 Å². The first-order valence-electron chi connectivity index (χ1n) is 7.93. The van der Waals surface area contributed by atoms with Gasteiger partial charge in [0.15, 0.2) is 9.84 Å². The fourth-order valence-corrected chi connectivity index (χ4v) is 3.73. The Hall–Kier alpha value is -2.09. The Morgan fingerprint density at radius 1 is 1.29 bits per heavy atom. The summed E-state index contributed by atoms with van der Waals surface area (Å²) in [6.07, 6.45) is 0. The van der Waals surface area contributed by atoms with Gasteiger partial charge >= 0.3 is 6.03 Å². The number of urea groups is 1. The SMILES string of the molecule is CCN(CCS(=O)(=O)c1ccc(C)cc1)C(=O)CN1CCNC1=O. The average Bonchev–Trinajstić information content (AvgIpc) is 2.93. The van der Waals surface area contributed by atoms with Crippen LogP contribution in [-0.2, 0) is 14.6 Å². The molecule has 3 amide bonds. The monoisotopic (exact) mass is 353 g/mol. The number of sulfone groups is 1. The third kappa shape index (κ3) is 4.47. The molecule has 1 aliphatic rings. The molecule has 1 aromatic carbocycles. The summed E-state index contributed by atoms with van der Waals surface area (Å²) >= 11 is 0. The number of hydrogen-bond donors (Lipinski definition) is 1. The average molecular weight is 353 g/mol. The Balaban J connectivity index is 1.95. The van der Waals surface area contributed by atoms with Crippen molar-refractivity contribution in [3.8, 4) is 0 Å². The molecule has 7 nitrogen and oxygen atoms in total. The van der Waals surface area contributed by atoms with E-state index in [1.807, 2.05) is 6.92 Å². The van der Waals surface area contributed by atoms with E-state index in [0.717, 1.165) is 5.56 Å². The summed E-state index contributed by atoms with van der Waals surface area (Å²) in [7, 11) is -3.44. The highest BCUT2D eigenvalue weighted by atomic mass is 32.2. The van der Waals surface area contributed by atoms with Crippen LogP contribution in [0.1, 0.15) is 12.5 Å². The maximum absolute atomic E-state index is 12.4. The molecule has 0 atom stereocenters. The zero-order valence-corrected chi connectivity index (χ0v) is 14.8. The summed E-state index contributed by atoms with van der Waals surface area (Å²) in [5.41, 5.74) is 0.989. The van der Waals surface area contributed by atoms with Gasteiger partial charge in [0.05, 0.1) is 10.6 Å². The highest BCUT2D eigenvalue weighted by Crippen LogP contribution is 2.12. The van der Waals surface area contributed by atoms with Crippen LogP contribution in [0, 0.1) is 6.92 Å². The Kier molecular flexibility index (Phi) is 5.82. The second-order valence-corrected chi connectivity index (χ2v) is 7.87. The largest absolute Gasteiger partial charge is 0.340 e. The number of carbonyl (C=O) groups is 2. The zero-order chi connectivity index (χ0) is 17.7. The van der Waals surface area contributed by atoms with Crippen LogP contribution in [0.5, 0.6) is 0 Å². The molecule has 8 heteroatoms. The van der Waals surface area contributed by atoms with E-state index >= 15 is 0 Å². The van der Waals surface area contributed by atoms with E-state index in [1.54, 1.807) is 31.2 Å². The zero-order valence-electron chi connectivity index (χ0n) is 14.0. The summed E-state index contributed by atoms with van der Waals surface area (Å²) in [5.74, 6) is -0.379. The van der Waals surface area contributed by atoms with E-state index in [1.165, 1.54) is 9.80 Å². The van der Waals surface area contributed by atoms with E-state index in [9.17, 15) is 18.0 Å². The molecule has 0 aromatic heterocycles. The van der Waals surface area contributed by atoms with Gasteiger partial charge in [0.25, 0.3) is 0 Å². The maximum atomic E-state index is 12.4. The molecule has 0 spiro atoms. The third-order valence-corrected chi connectivity index (χ3v) is 5.73. The van der Waals surface area contributed by atoms with Crippen molar-refractivity contribution in [3.05, 3.63) is 29.8 Å². The van der Waals surface area contributed by atoms with Crippen LogP contribution in [0.25, 0.3) is 0 Å². The number of amides is 3. The van der Waals surface area contributed by atoms with Crippen LogP contribution in [0.2, 0.25) is 0 Å². The summed E-state index contributed by atoms with van der Waals surface area (Å²) in [4.78, 5) is 26.9. The summed E-state index contributed by atoms with van der Waals surface area (Å²) in [6, 6.07) is 6.41. The van der Waals surface area contributed by atoms with Crippen LogP contribution >= 0.6 is 0 Å². The second-order valence-electron chi connectivity index (χ2n) is 5.76. The van der Waals surface area contributed by atoms with Gasteiger partial charge in [0.1, 0.15) is 6.54 Å². The fraction of sp³-hybridized carbons (Fsp3) is 0.500. The van der Waals surface area contributed by atoms with Crippen molar-refractivity contribution in [1.82, 2.24) is 15.1 Å². The molecular weight excluding hydrogens is 330 g/mol. The Morgan fingerprint density at radius 3 is 2.50 bits per heavy atom. The van der Waals surface area contributed by atoms with Crippen molar-refractivity contribution < 1.29 is 18.0 Å². The number of likely N-dealkylation sites (N-methyl/N-ethyl adjacent to an activating group) is 1. The molecule has 0 bridgehead atoms. The molecule has 24 heavy (non-hydrogen) atoms. The fourth-order valence-electron chi connectivity index (χ4n) is 2.48. The van der Waals surface area contributed by atoms with E-state index in [0.29, 0.717) is 19.6 Å². The number of nitrogens with zero attached hydrogens (tertiary/aromatic N) is 2. The molecule has 0 radical (unpaired) electrons. The molecule has 0 aliphatic carbocycles. The molecular formula is C16H23N3O4S. The molecule has 0 saturated carbocycles. The smallest absolute Gasteiger partial charge is 0.317 e. The van der Waals surface area contributed by atoms with Crippen molar-refractivity contribution in [2.24, 2.45) is 0 Å². The lowest BCUT2D eigenvalue weighted by atomic mass is 10.2. The first-order chi connectivity index (χ1) is 11.3. The van der Waals surface area contributed by atoms with Crippen LogP contribution in [0.3, 0.4) is 0 Å². The Bertz CT molecular complexity index is 701. The number of aryl methyl sites for hydroxylation is 1. The predicted molar refractivity (Wildman–Crippen MR) is 90.5 cm³/mol. The van der Waals surface area contributed by atoms with Gasteiger partial charge < -0.3 is 15.1 Å². The van der Waals surface area contributed by atoms with Gasteiger partial charge in [-0.3, -0.25) is 4.79 Å². The van der Waals surface area contributed by atoms with Crippen molar-refractivity contribution in [1.29, 1.82) is 0 Å². The second kappa shape index (κ2) is 7.65. The molecule has 1 N–H and O–H groups in total. The van der Waals surface area contributed by atoms with Crippen LogP contribution in [-0.4, -0.2) is 68.6 Å². The quantitative estimate of drug-likeness (QED) is 0.779. The third-order valence-electron chi connectivity index (χ3n) is 4.02. The molecule has 0 unspecified atom stereocenters. The molecule has 1 aliphatic heterocycles. The van der Waals surface area contributed by atoms with Crippen molar-refractivity contribution in [2.45, 2.75) is 18.7 Å². The summed E-state index contributed by atoms with van der Waals surface area (Å²) in [6.45, 7) is 5.19. The molecule has 1 saturated heterocycles. The maximum Gasteiger partial charge on any atom is 0.317 e. The van der Waals surface area contributed by atoms with E-state index in [4.69, 9.17) is 0 Å². The van der Waals surface area contributed by atoms with E-state index in [-0.39, 0.29) is 35.7 Å². The Labute approximate surface area is 142 Å². The molecule has 1 heterocycles. The molecule has 2 rings (SSSR count). The van der Waals surface area contributed by atoms with Crippen molar-refractivity contribution in [2.75, 3.05) is 38.5 Å². The van der Waals surface area contributed by atoms with Crippen LogP contribution < -0.4 is 5.32 Å². The minimum atomic E-state index is -3.44. The lowest BCUT2D eigenvalue weighted by molar-refractivity contribution is -0.131. The Morgan fingerprint density at radius 2 is 1.96 bits per heavy atom. The van der Waals surface area contributed by atoms with Gasteiger partial charge in [-0.2, -0.15) is 0 Å². The van der Waals surface area contributed by atoms with Gasteiger partial charge in [-0.1, -0.05) is 17.7 Å². The number of nitrogens with one attached hydrogen (secondary N) is 1. The van der Waals surface area contributed by atoms with Crippen molar-refractivity contribution >= 4 is 21.8 Å². The van der Waals surface area contributed by atoms with Gasteiger partial charge in [0.2, 0.25) is 5.91 Å². The molecule has 132 valence electrons. The number of benzene rings is 1.